The zero-order valence-corrected chi connectivity index (χ0v) is 13.5. The first-order valence-corrected chi connectivity index (χ1v) is 7.86. The van der Waals surface area contributed by atoms with Gasteiger partial charge in [0.05, 0.1) is 11.1 Å². The Labute approximate surface area is 144 Å². The number of benzene rings is 2. The molecule has 4 aromatic rings. The number of fused-ring (bicyclic) bond motifs is 1. The average Bonchev–Trinajstić information content (AvgIpc) is 3.01. The average molecular weight is 329 g/mol. The minimum absolute atomic E-state index is 0.214. The SMILES string of the molecule is CC(=O)Nc1ncc2c(-c3ccccc3)nn(-c3ccccc3)c2n1. The molecule has 0 aliphatic heterocycles. The minimum Gasteiger partial charge on any atom is -0.295 e. The first-order chi connectivity index (χ1) is 12.2. The Morgan fingerprint density at radius 2 is 1.68 bits per heavy atom. The Morgan fingerprint density at radius 1 is 1.00 bits per heavy atom. The van der Waals surface area contributed by atoms with Crippen LogP contribution in [-0.2, 0) is 4.79 Å². The van der Waals surface area contributed by atoms with Gasteiger partial charge in [-0.3, -0.25) is 10.1 Å². The van der Waals surface area contributed by atoms with Gasteiger partial charge in [0.1, 0.15) is 5.69 Å². The van der Waals surface area contributed by atoms with E-state index in [0.717, 1.165) is 22.3 Å². The zero-order chi connectivity index (χ0) is 17.2. The Hall–Kier alpha value is -3.54. The topological polar surface area (TPSA) is 72.7 Å². The van der Waals surface area contributed by atoms with Crippen LogP contribution in [0.3, 0.4) is 0 Å². The fourth-order valence-corrected chi connectivity index (χ4v) is 2.68. The molecule has 0 aliphatic carbocycles. The van der Waals surface area contributed by atoms with Crippen LogP contribution in [0.5, 0.6) is 0 Å². The van der Waals surface area contributed by atoms with Gasteiger partial charge in [0.15, 0.2) is 5.65 Å². The maximum Gasteiger partial charge on any atom is 0.231 e. The lowest BCUT2D eigenvalue weighted by Crippen LogP contribution is -2.09. The van der Waals surface area contributed by atoms with Crippen LogP contribution < -0.4 is 5.32 Å². The van der Waals surface area contributed by atoms with Crippen LogP contribution in [-0.4, -0.2) is 25.7 Å². The molecule has 6 nitrogen and oxygen atoms in total. The van der Waals surface area contributed by atoms with Gasteiger partial charge in [0, 0.05) is 18.7 Å². The van der Waals surface area contributed by atoms with E-state index in [4.69, 9.17) is 5.10 Å². The summed E-state index contributed by atoms with van der Waals surface area (Å²) in [4.78, 5) is 20.1. The lowest BCUT2D eigenvalue weighted by atomic mass is 10.1. The number of para-hydroxylation sites is 1. The highest BCUT2D eigenvalue weighted by molar-refractivity contribution is 5.93. The Bertz CT molecular complexity index is 1040. The molecule has 0 unspecified atom stereocenters. The van der Waals surface area contributed by atoms with Crippen LogP contribution in [0.15, 0.2) is 66.9 Å². The summed E-state index contributed by atoms with van der Waals surface area (Å²) in [5, 5.41) is 8.20. The molecule has 1 amide bonds. The molecular formula is C19H15N5O. The van der Waals surface area contributed by atoms with E-state index in [-0.39, 0.29) is 11.9 Å². The van der Waals surface area contributed by atoms with Crippen molar-refractivity contribution < 1.29 is 4.79 Å². The molecule has 6 heteroatoms. The molecule has 0 radical (unpaired) electrons. The third kappa shape index (κ3) is 2.85. The van der Waals surface area contributed by atoms with E-state index in [1.165, 1.54) is 6.92 Å². The number of nitrogens with one attached hydrogen (secondary N) is 1. The van der Waals surface area contributed by atoms with Gasteiger partial charge in [-0.25, -0.2) is 9.67 Å². The maximum atomic E-state index is 11.3. The molecular weight excluding hydrogens is 314 g/mol. The van der Waals surface area contributed by atoms with Crippen molar-refractivity contribution in [3.63, 3.8) is 0 Å². The van der Waals surface area contributed by atoms with Crippen molar-refractivity contribution >= 4 is 22.9 Å². The predicted molar refractivity (Wildman–Crippen MR) is 96.4 cm³/mol. The van der Waals surface area contributed by atoms with Crippen LogP contribution >= 0.6 is 0 Å². The van der Waals surface area contributed by atoms with Gasteiger partial charge in [-0.1, -0.05) is 48.5 Å². The molecule has 0 aliphatic rings. The number of carbonyl (C=O) groups excluding carboxylic acids is 1. The molecule has 1 N–H and O–H groups in total. The van der Waals surface area contributed by atoms with Gasteiger partial charge in [-0.15, -0.1) is 0 Å². The summed E-state index contributed by atoms with van der Waals surface area (Å²) in [6.07, 6.45) is 1.70. The minimum atomic E-state index is -0.214. The standard InChI is InChI=1S/C19H15N5O/c1-13(25)21-19-20-12-16-17(14-8-4-2-5-9-14)23-24(18(16)22-19)15-10-6-3-7-11-15/h2-12H,1H3,(H,20,21,22,25). The fraction of sp³-hybridized carbons (Fsp3) is 0.0526. The normalized spacial score (nSPS) is 10.8. The third-order valence-corrected chi connectivity index (χ3v) is 3.76. The summed E-state index contributed by atoms with van der Waals surface area (Å²) in [6, 6.07) is 19.7. The first-order valence-electron chi connectivity index (χ1n) is 7.86. The van der Waals surface area contributed by atoms with Crippen LogP contribution in [0, 0.1) is 0 Å². The van der Waals surface area contributed by atoms with E-state index in [1.54, 1.807) is 10.9 Å². The summed E-state index contributed by atoms with van der Waals surface area (Å²) >= 11 is 0. The second-order valence-corrected chi connectivity index (χ2v) is 5.57. The highest BCUT2D eigenvalue weighted by Gasteiger charge is 2.16. The number of amides is 1. The van der Waals surface area contributed by atoms with Gasteiger partial charge in [0.25, 0.3) is 0 Å². The zero-order valence-electron chi connectivity index (χ0n) is 13.5. The maximum absolute atomic E-state index is 11.3. The molecule has 2 aromatic carbocycles. The van der Waals surface area contributed by atoms with Crippen molar-refractivity contribution in [3.8, 4) is 16.9 Å². The Morgan fingerprint density at radius 3 is 2.36 bits per heavy atom. The van der Waals surface area contributed by atoms with Crippen LogP contribution in [0.2, 0.25) is 0 Å². The second kappa shape index (κ2) is 6.16. The molecule has 0 spiro atoms. The van der Waals surface area contributed by atoms with Gasteiger partial charge in [0.2, 0.25) is 11.9 Å². The van der Waals surface area contributed by atoms with Gasteiger partial charge in [-0.2, -0.15) is 10.1 Å². The molecule has 0 fully saturated rings. The largest absolute Gasteiger partial charge is 0.295 e. The molecule has 122 valence electrons. The van der Waals surface area contributed by atoms with Crippen molar-refractivity contribution in [1.82, 2.24) is 19.7 Å². The van der Waals surface area contributed by atoms with E-state index < -0.39 is 0 Å². The summed E-state index contributed by atoms with van der Waals surface area (Å²) < 4.78 is 1.77. The lowest BCUT2D eigenvalue weighted by Gasteiger charge is -2.03. The number of rotatable bonds is 3. The van der Waals surface area contributed by atoms with Crippen LogP contribution in [0.1, 0.15) is 6.92 Å². The Kier molecular flexibility index (Phi) is 3.70. The molecule has 0 saturated heterocycles. The van der Waals surface area contributed by atoms with Crippen LogP contribution in [0.4, 0.5) is 5.95 Å². The van der Waals surface area contributed by atoms with Crippen molar-refractivity contribution in [2.45, 2.75) is 6.92 Å². The van der Waals surface area contributed by atoms with Crippen LogP contribution in [0.25, 0.3) is 28.0 Å². The predicted octanol–water partition coefficient (Wildman–Crippen LogP) is 3.44. The quantitative estimate of drug-likeness (QED) is 0.625. The van der Waals surface area contributed by atoms with Gasteiger partial charge < -0.3 is 0 Å². The Balaban J connectivity index is 1.97. The van der Waals surface area contributed by atoms with Crippen molar-refractivity contribution in [3.05, 3.63) is 66.9 Å². The lowest BCUT2D eigenvalue weighted by molar-refractivity contribution is -0.114. The van der Waals surface area contributed by atoms with Gasteiger partial charge in [-0.05, 0) is 12.1 Å². The molecule has 2 heterocycles. The number of anilines is 1. The van der Waals surface area contributed by atoms with E-state index in [0.29, 0.717) is 5.65 Å². The van der Waals surface area contributed by atoms with E-state index >= 15 is 0 Å². The van der Waals surface area contributed by atoms with Crippen molar-refractivity contribution in [2.24, 2.45) is 0 Å². The third-order valence-electron chi connectivity index (χ3n) is 3.76. The number of hydrogen-bond acceptors (Lipinski definition) is 4. The highest BCUT2D eigenvalue weighted by atomic mass is 16.1. The summed E-state index contributed by atoms with van der Waals surface area (Å²) in [5.74, 6) is 0.0464. The van der Waals surface area contributed by atoms with E-state index in [9.17, 15) is 4.79 Å². The second-order valence-electron chi connectivity index (χ2n) is 5.57. The highest BCUT2D eigenvalue weighted by Crippen LogP contribution is 2.28. The number of hydrogen-bond donors (Lipinski definition) is 1. The summed E-state index contributed by atoms with van der Waals surface area (Å²) in [7, 11) is 0. The summed E-state index contributed by atoms with van der Waals surface area (Å²) in [6.45, 7) is 1.43. The number of carbonyl (C=O) groups is 1. The smallest absolute Gasteiger partial charge is 0.231 e. The monoisotopic (exact) mass is 329 g/mol. The van der Waals surface area contributed by atoms with E-state index in [1.807, 2.05) is 60.7 Å². The molecule has 2 aromatic heterocycles. The molecule has 4 rings (SSSR count). The van der Waals surface area contributed by atoms with Crippen molar-refractivity contribution in [2.75, 3.05) is 5.32 Å². The number of aromatic nitrogens is 4. The molecule has 25 heavy (non-hydrogen) atoms. The molecule has 0 saturated carbocycles. The summed E-state index contributed by atoms with van der Waals surface area (Å²) in [5.41, 5.74) is 3.32. The van der Waals surface area contributed by atoms with Crippen molar-refractivity contribution in [1.29, 1.82) is 0 Å². The molecule has 0 bridgehead atoms. The first kappa shape index (κ1) is 15.0. The molecule has 0 atom stereocenters. The van der Waals surface area contributed by atoms with Gasteiger partial charge >= 0.3 is 0 Å². The number of nitrogens with zero attached hydrogens (tertiary/aromatic N) is 4. The van der Waals surface area contributed by atoms with E-state index in [2.05, 4.69) is 15.3 Å². The fourth-order valence-electron chi connectivity index (χ4n) is 2.68.